The molecule has 0 radical (unpaired) electrons. The maximum atomic E-state index is 13.8. The first-order valence-electron chi connectivity index (χ1n) is 7.15. The van der Waals surface area contributed by atoms with Crippen LogP contribution in [0.3, 0.4) is 0 Å². The van der Waals surface area contributed by atoms with Gasteiger partial charge in [-0.25, -0.2) is 4.39 Å². The van der Waals surface area contributed by atoms with Gasteiger partial charge >= 0.3 is 0 Å². The summed E-state index contributed by atoms with van der Waals surface area (Å²) in [6.07, 6.45) is 5.40. The van der Waals surface area contributed by atoms with E-state index in [1.807, 2.05) is 43.0 Å². The molecular weight excluding hydrogens is 263 g/mol. The van der Waals surface area contributed by atoms with Gasteiger partial charge in [0, 0.05) is 18.3 Å². The smallest absolute Gasteiger partial charge is 0.142 e. The second-order valence-corrected chi connectivity index (χ2v) is 5.51. The minimum atomic E-state index is -0.177. The molecule has 0 aromatic heterocycles. The fraction of sp³-hybridized carbons (Fsp3) is 0.222. The number of rotatable bonds is 2. The molecule has 1 aromatic rings. The van der Waals surface area contributed by atoms with Crippen LogP contribution in [0.2, 0.25) is 0 Å². The number of nitrogens with two attached hydrogens (primary N) is 1. The molecule has 2 aliphatic rings. The number of fused-ring (bicyclic) bond motifs is 1. The molecule has 0 amide bonds. The van der Waals surface area contributed by atoms with Gasteiger partial charge in [0.2, 0.25) is 0 Å². The van der Waals surface area contributed by atoms with E-state index >= 15 is 0 Å². The van der Waals surface area contributed by atoms with Crippen molar-refractivity contribution in [2.24, 2.45) is 5.73 Å². The molecule has 1 unspecified atom stereocenters. The molecule has 21 heavy (non-hydrogen) atoms. The summed E-state index contributed by atoms with van der Waals surface area (Å²) in [5.41, 5.74) is 11.2. The van der Waals surface area contributed by atoms with Crippen LogP contribution in [0.1, 0.15) is 19.4 Å². The first-order valence-corrected chi connectivity index (χ1v) is 7.15. The first kappa shape index (κ1) is 13.8. The highest BCUT2D eigenvalue weighted by molar-refractivity contribution is 5.76. The van der Waals surface area contributed by atoms with E-state index in [-0.39, 0.29) is 11.9 Å². The van der Waals surface area contributed by atoms with E-state index in [1.165, 1.54) is 6.08 Å². The Labute approximate surface area is 124 Å². The molecule has 2 heterocycles. The van der Waals surface area contributed by atoms with E-state index in [2.05, 4.69) is 18.2 Å². The minimum Gasteiger partial charge on any atom is -0.338 e. The highest BCUT2D eigenvalue weighted by atomic mass is 19.1. The van der Waals surface area contributed by atoms with Crippen molar-refractivity contribution in [3.63, 3.8) is 0 Å². The van der Waals surface area contributed by atoms with Crippen LogP contribution in [0.15, 0.2) is 71.4 Å². The van der Waals surface area contributed by atoms with Crippen LogP contribution in [0.4, 0.5) is 4.39 Å². The lowest BCUT2D eigenvalue weighted by Crippen LogP contribution is -2.31. The molecule has 0 saturated heterocycles. The number of halogens is 1. The molecule has 1 atom stereocenters. The topological polar surface area (TPSA) is 29.3 Å². The molecule has 0 bridgehead atoms. The summed E-state index contributed by atoms with van der Waals surface area (Å²) in [5, 5.41) is 0. The van der Waals surface area contributed by atoms with Gasteiger partial charge in [-0.2, -0.15) is 0 Å². The van der Waals surface area contributed by atoms with Crippen molar-refractivity contribution in [2.45, 2.75) is 19.9 Å². The number of benzene rings is 1. The lowest BCUT2D eigenvalue weighted by molar-refractivity contribution is 0.450. The molecule has 0 spiro atoms. The third kappa shape index (κ3) is 2.45. The second-order valence-electron chi connectivity index (χ2n) is 5.51. The Bertz CT molecular complexity index is 678. The molecule has 0 aliphatic carbocycles. The molecule has 108 valence electrons. The van der Waals surface area contributed by atoms with Gasteiger partial charge in [0.05, 0.1) is 5.70 Å². The van der Waals surface area contributed by atoms with Crippen molar-refractivity contribution < 1.29 is 4.39 Å². The summed E-state index contributed by atoms with van der Waals surface area (Å²) in [5.74, 6) is -0.177. The standard InChI is InChI=1S/C18H19FN2/c1-12(20)16-10-15-8-9-18(19)13(2)21(15)11-17(16)14-6-4-3-5-7-14/h3-10,12H,11,20H2,1-2H3. The normalized spacial score (nSPS) is 19.6. The van der Waals surface area contributed by atoms with E-state index in [1.54, 1.807) is 0 Å². The molecule has 0 saturated carbocycles. The third-order valence-corrected chi connectivity index (χ3v) is 4.04. The lowest BCUT2D eigenvalue weighted by atomic mass is 9.90. The van der Waals surface area contributed by atoms with Crippen LogP contribution in [-0.4, -0.2) is 17.5 Å². The Morgan fingerprint density at radius 2 is 1.90 bits per heavy atom. The Kier molecular flexibility index (Phi) is 3.52. The lowest BCUT2D eigenvalue weighted by Gasteiger charge is -2.35. The van der Waals surface area contributed by atoms with Crippen LogP contribution in [0, 0.1) is 0 Å². The number of allylic oxidation sites excluding steroid dienone is 4. The molecule has 2 aliphatic heterocycles. The average molecular weight is 282 g/mol. The van der Waals surface area contributed by atoms with Crippen molar-refractivity contribution in [3.8, 4) is 0 Å². The zero-order valence-corrected chi connectivity index (χ0v) is 12.3. The summed E-state index contributed by atoms with van der Waals surface area (Å²) >= 11 is 0. The first-order chi connectivity index (χ1) is 10.1. The van der Waals surface area contributed by atoms with Gasteiger partial charge in [-0.15, -0.1) is 0 Å². The fourth-order valence-electron chi connectivity index (χ4n) is 2.83. The van der Waals surface area contributed by atoms with Gasteiger partial charge in [-0.1, -0.05) is 30.3 Å². The maximum Gasteiger partial charge on any atom is 0.142 e. The zero-order valence-electron chi connectivity index (χ0n) is 12.3. The van der Waals surface area contributed by atoms with Gasteiger partial charge in [0.15, 0.2) is 0 Å². The maximum absolute atomic E-state index is 13.8. The number of nitrogens with zero attached hydrogens (tertiary/aromatic N) is 1. The van der Waals surface area contributed by atoms with Crippen LogP contribution in [-0.2, 0) is 0 Å². The van der Waals surface area contributed by atoms with Gasteiger partial charge in [0.1, 0.15) is 5.83 Å². The SMILES string of the molecule is CC1=C(F)C=CC2=CC(C(C)N)=C(c3ccccc3)CN21. The number of hydrogen-bond acceptors (Lipinski definition) is 2. The average Bonchev–Trinajstić information content (AvgIpc) is 2.51. The van der Waals surface area contributed by atoms with Crippen molar-refractivity contribution in [1.82, 2.24) is 4.90 Å². The van der Waals surface area contributed by atoms with Crippen molar-refractivity contribution in [2.75, 3.05) is 6.54 Å². The molecule has 2 nitrogen and oxygen atoms in total. The van der Waals surface area contributed by atoms with Crippen LogP contribution in [0.25, 0.3) is 5.57 Å². The summed E-state index contributed by atoms with van der Waals surface area (Å²) in [4.78, 5) is 2.00. The Morgan fingerprint density at radius 1 is 1.19 bits per heavy atom. The minimum absolute atomic E-state index is 0.0562. The van der Waals surface area contributed by atoms with Crippen molar-refractivity contribution in [3.05, 3.63) is 76.9 Å². The monoisotopic (exact) mass is 282 g/mol. The Hall–Kier alpha value is -2.13. The predicted molar refractivity (Wildman–Crippen MR) is 84.7 cm³/mol. The van der Waals surface area contributed by atoms with E-state index < -0.39 is 0 Å². The van der Waals surface area contributed by atoms with Crippen LogP contribution < -0.4 is 5.73 Å². The molecule has 1 aromatic carbocycles. The predicted octanol–water partition coefficient (Wildman–Crippen LogP) is 3.76. The summed E-state index contributed by atoms with van der Waals surface area (Å²) in [7, 11) is 0. The molecule has 0 fully saturated rings. The van der Waals surface area contributed by atoms with Gasteiger partial charge in [-0.05, 0) is 48.8 Å². The van der Waals surface area contributed by atoms with Crippen molar-refractivity contribution in [1.29, 1.82) is 0 Å². The zero-order chi connectivity index (χ0) is 15.0. The van der Waals surface area contributed by atoms with Gasteiger partial charge < -0.3 is 10.6 Å². The van der Waals surface area contributed by atoms with E-state index in [9.17, 15) is 4.39 Å². The Balaban J connectivity index is 2.12. The quantitative estimate of drug-likeness (QED) is 0.895. The highest BCUT2D eigenvalue weighted by Crippen LogP contribution is 2.35. The molecule has 3 rings (SSSR count). The number of hydrogen-bond donors (Lipinski definition) is 1. The fourth-order valence-corrected chi connectivity index (χ4v) is 2.83. The van der Waals surface area contributed by atoms with Crippen LogP contribution in [0.5, 0.6) is 0 Å². The second kappa shape index (κ2) is 5.34. The largest absolute Gasteiger partial charge is 0.338 e. The van der Waals surface area contributed by atoms with E-state index in [4.69, 9.17) is 5.73 Å². The van der Waals surface area contributed by atoms with Gasteiger partial charge in [-0.3, -0.25) is 0 Å². The van der Waals surface area contributed by atoms with Crippen molar-refractivity contribution >= 4 is 5.57 Å². The third-order valence-electron chi connectivity index (χ3n) is 4.04. The molecule has 3 heteroatoms. The Morgan fingerprint density at radius 3 is 2.57 bits per heavy atom. The van der Waals surface area contributed by atoms with E-state index in [0.717, 1.165) is 22.4 Å². The summed E-state index contributed by atoms with van der Waals surface area (Å²) in [6, 6.07) is 10.1. The summed E-state index contributed by atoms with van der Waals surface area (Å²) in [6.45, 7) is 4.45. The van der Waals surface area contributed by atoms with E-state index in [0.29, 0.717) is 12.2 Å². The van der Waals surface area contributed by atoms with Gasteiger partial charge in [0.25, 0.3) is 0 Å². The highest BCUT2D eigenvalue weighted by Gasteiger charge is 2.25. The van der Waals surface area contributed by atoms with Crippen LogP contribution >= 0.6 is 0 Å². The summed E-state index contributed by atoms with van der Waals surface area (Å²) < 4.78 is 13.8. The molecule has 2 N–H and O–H groups in total. The molecular formula is C18H19FN2.